The number of ether oxygens (including phenoxy) is 4. The van der Waals surface area contributed by atoms with Crippen molar-refractivity contribution in [1.29, 1.82) is 0 Å². The second kappa shape index (κ2) is 9.05. The predicted molar refractivity (Wildman–Crippen MR) is 73.5 cm³/mol. The van der Waals surface area contributed by atoms with E-state index in [-0.39, 0.29) is 19.5 Å². The van der Waals surface area contributed by atoms with Crippen LogP contribution >= 0.6 is 0 Å². The number of hydrogen-bond acceptors (Lipinski definition) is 5. The van der Waals surface area contributed by atoms with E-state index in [0.717, 1.165) is 5.56 Å². The quantitative estimate of drug-likeness (QED) is 0.877. The highest BCUT2D eigenvalue weighted by atomic mass is 16.7. The lowest BCUT2D eigenvalue weighted by atomic mass is 10.0. The third-order valence-electron chi connectivity index (χ3n) is 3.10. The van der Waals surface area contributed by atoms with Crippen LogP contribution in [0.5, 0.6) is 0 Å². The van der Waals surface area contributed by atoms with Crippen molar-refractivity contribution in [2.45, 2.75) is 18.6 Å². The van der Waals surface area contributed by atoms with Gasteiger partial charge in [-0.3, -0.25) is 0 Å². The molecule has 1 N–H and O–H groups in total. The summed E-state index contributed by atoms with van der Waals surface area (Å²) in [5, 5.41) is 10.2. The van der Waals surface area contributed by atoms with Crippen molar-refractivity contribution in [3.63, 3.8) is 0 Å². The van der Waals surface area contributed by atoms with Gasteiger partial charge in [-0.05, 0) is 5.56 Å². The molecule has 0 bridgehead atoms. The molecule has 1 fully saturated rings. The Labute approximate surface area is 119 Å². The Hall–Kier alpha value is -0.980. The van der Waals surface area contributed by atoms with Gasteiger partial charge >= 0.3 is 0 Å². The molecule has 2 rings (SSSR count). The third kappa shape index (κ3) is 5.56. The van der Waals surface area contributed by atoms with E-state index in [1.54, 1.807) is 0 Å². The summed E-state index contributed by atoms with van der Waals surface area (Å²) >= 11 is 0. The van der Waals surface area contributed by atoms with Crippen molar-refractivity contribution in [3.05, 3.63) is 35.9 Å². The van der Waals surface area contributed by atoms with Gasteiger partial charge in [0.05, 0.1) is 39.1 Å². The topological polar surface area (TPSA) is 57.2 Å². The van der Waals surface area contributed by atoms with E-state index in [2.05, 4.69) is 0 Å². The van der Waals surface area contributed by atoms with Gasteiger partial charge in [0, 0.05) is 6.42 Å². The van der Waals surface area contributed by atoms with E-state index in [9.17, 15) is 5.11 Å². The zero-order valence-electron chi connectivity index (χ0n) is 11.6. The van der Waals surface area contributed by atoms with Crippen LogP contribution in [-0.4, -0.2) is 57.1 Å². The van der Waals surface area contributed by atoms with Gasteiger partial charge < -0.3 is 24.1 Å². The second-order valence-corrected chi connectivity index (χ2v) is 4.68. The molecule has 2 atom stereocenters. The normalized spacial score (nSPS) is 26.4. The zero-order chi connectivity index (χ0) is 14.0. The molecule has 1 aliphatic heterocycles. The van der Waals surface area contributed by atoms with E-state index in [1.807, 2.05) is 30.3 Å². The maximum Gasteiger partial charge on any atom is 0.146 e. The van der Waals surface area contributed by atoms with Crippen LogP contribution in [0.15, 0.2) is 30.3 Å². The van der Waals surface area contributed by atoms with E-state index < -0.39 is 6.10 Å². The molecule has 0 amide bonds. The number of aliphatic hydroxyl groups is 1. The zero-order valence-corrected chi connectivity index (χ0v) is 11.6. The van der Waals surface area contributed by atoms with Gasteiger partial charge in [-0.25, -0.2) is 0 Å². The molecule has 0 aromatic heterocycles. The molecule has 2 unspecified atom stereocenters. The van der Waals surface area contributed by atoms with Gasteiger partial charge in [0.2, 0.25) is 0 Å². The minimum atomic E-state index is -0.658. The summed E-state index contributed by atoms with van der Waals surface area (Å²) in [6, 6.07) is 9.98. The Morgan fingerprint density at radius 1 is 0.950 bits per heavy atom. The Bertz CT molecular complexity index is 357. The molecule has 20 heavy (non-hydrogen) atoms. The van der Waals surface area contributed by atoms with Gasteiger partial charge in [-0.1, -0.05) is 30.3 Å². The number of aliphatic hydroxyl groups excluding tert-OH is 1. The molecule has 5 nitrogen and oxygen atoms in total. The summed E-state index contributed by atoms with van der Waals surface area (Å²) < 4.78 is 21.5. The van der Waals surface area contributed by atoms with Crippen LogP contribution in [0, 0.1) is 0 Å². The first kappa shape index (κ1) is 15.4. The van der Waals surface area contributed by atoms with Crippen LogP contribution in [0.2, 0.25) is 0 Å². The molecule has 1 aromatic carbocycles. The summed E-state index contributed by atoms with van der Waals surface area (Å²) in [6.45, 7) is 2.30. The van der Waals surface area contributed by atoms with Crippen LogP contribution in [0.25, 0.3) is 0 Å². The molecule has 0 radical (unpaired) electrons. The molecule has 0 saturated carbocycles. The van der Waals surface area contributed by atoms with Gasteiger partial charge in [0.15, 0.2) is 0 Å². The monoisotopic (exact) mass is 282 g/mol. The Morgan fingerprint density at radius 2 is 1.65 bits per heavy atom. The number of hydrogen-bond donors (Lipinski definition) is 1. The molecule has 1 aliphatic rings. The summed E-state index contributed by atoms with van der Waals surface area (Å²) in [6.07, 6.45) is -0.294. The molecular formula is C15H22O5. The molecular weight excluding hydrogens is 260 g/mol. The van der Waals surface area contributed by atoms with Crippen molar-refractivity contribution < 1.29 is 24.1 Å². The van der Waals surface area contributed by atoms with E-state index in [0.29, 0.717) is 32.8 Å². The van der Waals surface area contributed by atoms with Crippen LogP contribution < -0.4 is 0 Å². The highest BCUT2D eigenvalue weighted by Crippen LogP contribution is 2.10. The molecule has 0 spiro atoms. The molecule has 1 saturated heterocycles. The van der Waals surface area contributed by atoms with Crippen molar-refractivity contribution in [1.82, 2.24) is 0 Å². The average molecular weight is 282 g/mol. The smallest absolute Gasteiger partial charge is 0.146 e. The van der Waals surface area contributed by atoms with Gasteiger partial charge in [0.25, 0.3) is 0 Å². The van der Waals surface area contributed by atoms with E-state index >= 15 is 0 Å². The summed E-state index contributed by atoms with van der Waals surface area (Å²) in [7, 11) is 0. The Morgan fingerprint density at radius 3 is 2.45 bits per heavy atom. The SMILES string of the molecule is OC1COCCOCOCCOC1Cc1ccccc1. The summed E-state index contributed by atoms with van der Waals surface area (Å²) in [4.78, 5) is 0. The predicted octanol–water partition coefficient (Wildman–Crippen LogP) is 0.996. The fourth-order valence-corrected chi connectivity index (χ4v) is 2.02. The lowest BCUT2D eigenvalue weighted by Gasteiger charge is -2.24. The summed E-state index contributed by atoms with van der Waals surface area (Å²) in [5.41, 5.74) is 1.13. The molecule has 1 aromatic rings. The summed E-state index contributed by atoms with van der Waals surface area (Å²) in [5.74, 6) is 0. The highest BCUT2D eigenvalue weighted by molar-refractivity contribution is 5.15. The van der Waals surface area contributed by atoms with E-state index in [4.69, 9.17) is 18.9 Å². The maximum atomic E-state index is 10.2. The largest absolute Gasteiger partial charge is 0.388 e. The molecule has 112 valence electrons. The van der Waals surface area contributed by atoms with Crippen LogP contribution in [0.3, 0.4) is 0 Å². The highest BCUT2D eigenvalue weighted by Gasteiger charge is 2.21. The van der Waals surface area contributed by atoms with Gasteiger partial charge in [-0.15, -0.1) is 0 Å². The van der Waals surface area contributed by atoms with Gasteiger partial charge in [-0.2, -0.15) is 0 Å². The van der Waals surface area contributed by atoms with Crippen LogP contribution in [-0.2, 0) is 25.4 Å². The van der Waals surface area contributed by atoms with Crippen molar-refractivity contribution in [3.8, 4) is 0 Å². The number of benzene rings is 1. The Balaban J connectivity index is 1.90. The fraction of sp³-hybridized carbons (Fsp3) is 0.600. The van der Waals surface area contributed by atoms with Crippen LogP contribution in [0.4, 0.5) is 0 Å². The fourth-order valence-electron chi connectivity index (χ4n) is 2.02. The third-order valence-corrected chi connectivity index (χ3v) is 3.10. The maximum absolute atomic E-state index is 10.2. The minimum Gasteiger partial charge on any atom is -0.388 e. The van der Waals surface area contributed by atoms with E-state index in [1.165, 1.54) is 0 Å². The molecule has 0 aliphatic carbocycles. The first-order valence-corrected chi connectivity index (χ1v) is 6.93. The Kier molecular flexibility index (Phi) is 6.97. The molecule has 1 heterocycles. The average Bonchev–Trinajstić information content (AvgIpc) is 2.47. The van der Waals surface area contributed by atoms with Crippen molar-refractivity contribution in [2.75, 3.05) is 39.8 Å². The molecule has 5 heteroatoms. The lowest BCUT2D eigenvalue weighted by molar-refractivity contribution is -0.126. The lowest BCUT2D eigenvalue weighted by Crippen LogP contribution is -2.36. The first-order valence-electron chi connectivity index (χ1n) is 6.93. The van der Waals surface area contributed by atoms with Crippen molar-refractivity contribution in [2.24, 2.45) is 0 Å². The first-order chi connectivity index (χ1) is 9.86. The van der Waals surface area contributed by atoms with Crippen LogP contribution in [0.1, 0.15) is 5.56 Å². The van der Waals surface area contributed by atoms with Gasteiger partial charge in [0.1, 0.15) is 12.9 Å². The second-order valence-electron chi connectivity index (χ2n) is 4.68. The standard InChI is InChI=1S/C15H22O5/c16-14-11-17-6-7-18-12-19-8-9-20-15(14)10-13-4-2-1-3-5-13/h1-5,14-16H,6-12H2. The van der Waals surface area contributed by atoms with Crippen molar-refractivity contribution >= 4 is 0 Å². The minimum absolute atomic E-state index is 0.249. The number of rotatable bonds is 2.